The maximum atomic E-state index is 13.5. The van der Waals surface area contributed by atoms with Gasteiger partial charge in [-0.1, -0.05) is 36.4 Å². The minimum atomic E-state index is -3.85. The Morgan fingerprint density at radius 3 is 2.41 bits per heavy atom. The molecule has 2 aromatic carbocycles. The predicted molar refractivity (Wildman–Crippen MR) is 78.4 cm³/mol. The van der Waals surface area contributed by atoms with Crippen LogP contribution in [0.3, 0.4) is 0 Å². The highest BCUT2D eigenvalue weighted by Crippen LogP contribution is 2.14. The predicted octanol–water partition coefficient (Wildman–Crippen LogP) is 2.12. The standard InChI is InChI=1S/C15H15F2NO3S/c16-13-7-6-12(14(17)8-13)10-22(20,21)18-9-15(19)11-4-2-1-3-5-11/h1-8,15,18-19H,9-10H2. The summed E-state index contributed by atoms with van der Waals surface area (Å²) in [6, 6.07) is 11.3. The summed E-state index contributed by atoms with van der Waals surface area (Å²) in [6.07, 6.45) is -1.01. The van der Waals surface area contributed by atoms with Crippen LogP contribution in [0.1, 0.15) is 17.2 Å². The normalized spacial score (nSPS) is 13.0. The van der Waals surface area contributed by atoms with Gasteiger partial charge in [0.2, 0.25) is 10.0 Å². The SMILES string of the molecule is O=S(=O)(Cc1ccc(F)cc1F)NCC(O)c1ccccc1. The van der Waals surface area contributed by atoms with E-state index < -0.39 is 33.5 Å². The number of rotatable bonds is 6. The van der Waals surface area contributed by atoms with E-state index >= 15 is 0 Å². The lowest BCUT2D eigenvalue weighted by Gasteiger charge is -2.13. The van der Waals surface area contributed by atoms with Crippen molar-refractivity contribution in [3.8, 4) is 0 Å². The van der Waals surface area contributed by atoms with Crippen LogP contribution in [-0.2, 0) is 15.8 Å². The van der Waals surface area contributed by atoms with Crippen LogP contribution in [-0.4, -0.2) is 20.1 Å². The van der Waals surface area contributed by atoms with Gasteiger partial charge in [-0.05, 0) is 11.6 Å². The fourth-order valence-corrected chi connectivity index (χ4v) is 3.05. The summed E-state index contributed by atoms with van der Waals surface area (Å²) in [4.78, 5) is 0. The summed E-state index contributed by atoms with van der Waals surface area (Å²) in [5.41, 5.74) is 0.432. The molecule has 118 valence electrons. The molecule has 0 aliphatic heterocycles. The van der Waals surface area contributed by atoms with Crippen molar-refractivity contribution >= 4 is 10.0 Å². The Labute approximate surface area is 127 Å². The first-order valence-corrected chi connectivity index (χ1v) is 8.17. The Morgan fingerprint density at radius 2 is 1.77 bits per heavy atom. The van der Waals surface area contributed by atoms with E-state index in [4.69, 9.17) is 0 Å². The average Bonchev–Trinajstić information content (AvgIpc) is 2.49. The molecule has 22 heavy (non-hydrogen) atoms. The van der Waals surface area contributed by atoms with Gasteiger partial charge in [0.05, 0.1) is 11.9 Å². The molecule has 0 saturated heterocycles. The molecule has 0 spiro atoms. The van der Waals surface area contributed by atoms with Gasteiger partial charge in [0.1, 0.15) is 11.6 Å². The maximum absolute atomic E-state index is 13.5. The van der Waals surface area contributed by atoms with E-state index in [0.29, 0.717) is 11.6 Å². The zero-order chi connectivity index (χ0) is 16.2. The van der Waals surface area contributed by atoms with Crippen molar-refractivity contribution in [2.45, 2.75) is 11.9 Å². The highest BCUT2D eigenvalue weighted by atomic mass is 32.2. The van der Waals surface area contributed by atoms with Gasteiger partial charge < -0.3 is 5.11 Å². The number of nitrogens with one attached hydrogen (secondary N) is 1. The lowest BCUT2D eigenvalue weighted by atomic mass is 10.1. The first-order valence-electron chi connectivity index (χ1n) is 6.52. The van der Waals surface area contributed by atoms with Gasteiger partial charge in [-0.25, -0.2) is 21.9 Å². The van der Waals surface area contributed by atoms with Crippen molar-refractivity contribution in [2.24, 2.45) is 0 Å². The van der Waals surface area contributed by atoms with E-state index in [1.165, 1.54) is 0 Å². The van der Waals surface area contributed by atoms with Crippen LogP contribution in [0.5, 0.6) is 0 Å². The molecule has 1 atom stereocenters. The van der Waals surface area contributed by atoms with Gasteiger partial charge in [-0.3, -0.25) is 0 Å². The Hall–Kier alpha value is -1.83. The monoisotopic (exact) mass is 327 g/mol. The van der Waals surface area contributed by atoms with Crippen molar-refractivity contribution < 1.29 is 22.3 Å². The van der Waals surface area contributed by atoms with Crippen LogP contribution >= 0.6 is 0 Å². The van der Waals surface area contributed by atoms with Crippen LogP contribution in [0, 0.1) is 11.6 Å². The van der Waals surface area contributed by atoms with Crippen molar-refractivity contribution in [3.63, 3.8) is 0 Å². The quantitative estimate of drug-likeness (QED) is 0.854. The fraction of sp³-hybridized carbons (Fsp3) is 0.200. The number of aliphatic hydroxyl groups is 1. The van der Waals surface area contributed by atoms with Crippen molar-refractivity contribution in [1.29, 1.82) is 0 Å². The molecule has 2 N–H and O–H groups in total. The van der Waals surface area contributed by atoms with Gasteiger partial charge in [0.15, 0.2) is 0 Å². The molecule has 0 radical (unpaired) electrons. The number of aliphatic hydroxyl groups excluding tert-OH is 1. The molecule has 0 aliphatic rings. The summed E-state index contributed by atoms with van der Waals surface area (Å²) >= 11 is 0. The smallest absolute Gasteiger partial charge is 0.215 e. The molecule has 7 heteroatoms. The second-order valence-corrected chi connectivity index (χ2v) is 6.58. The lowest BCUT2D eigenvalue weighted by molar-refractivity contribution is 0.182. The summed E-state index contributed by atoms with van der Waals surface area (Å²) in [5.74, 6) is -2.32. The van der Waals surface area contributed by atoms with Gasteiger partial charge in [-0.2, -0.15) is 0 Å². The molecular weight excluding hydrogens is 312 g/mol. The average molecular weight is 327 g/mol. The van der Waals surface area contributed by atoms with Gasteiger partial charge >= 0.3 is 0 Å². The van der Waals surface area contributed by atoms with E-state index in [2.05, 4.69) is 4.72 Å². The minimum absolute atomic E-state index is 0.136. The number of hydrogen-bond acceptors (Lipinski definition) is 3. The third-order valence-electron chi connectivity index (χ3n) is 3.04. The van der Waals surface area contributed by atoms with Gasteiger partial charge in [0, 0.05) is 18.2 Å². The molecule has 0 fully saturated rings. The van der Waals surface area contributed by atoms with E-state index in [9.17, 15) is 22.3 Å². The highest BCUT2D eigenvalue weighted by molar-refractivity contribution is 7.88. The Bertz CT molecular complexity index is 736. The molecule has 0 bridgehead atoms. The zero-order valence-corrected chi connectivity index (χ0v) is 12.4. The highest BCUT2D eigenvalue weighted by Gasteiger charge is 2.17. The first-order chi connectivity index (χ1) is 10.4. The molecule has 4 nitrogen and oxygen atoms in total. The molecule has 0 heterocycles. The van der Waals surface area contributed by atoms with Crippen LogP contribution < -0.4 is 4.72 Å². The number of halogens is 2. The van der Waals surface area contributed by atoms with Gasteiger partial charge in [-0.15, -0.1) is 0 Å². The Kier molecular flexibility index (Phi) is 5.23. The molecule has 0 aliphatic carbocycles. The molecule has 2 rings (SSSR count). The number of benzene rings is 2. The first kappa shape index (κ1) is 16.5. The van der Waals surface area contributed by atoms with E-state index in [1.54, 1.807) is 30.3 Å². The second kappa shape index (κ2) is 6.95. The molecule has 0 saturated carbocycles. The molecule has 0 amide bonds. The third-order valence-corrected chi connectivity index (χ3v) is 4.34. The summed E-state index contributed by atoms with van der Waals surface area (Å²) in [7, 11) is -3.85. The molecular formula is C15H15F2NO3S. The topological polar surface area (TPSA) is 66.4 Å². The third kappa shape index (κ3) is 4.59. The van der Waals surface area contributed by atoms with E-state index in [-0.39, 0.29) is 12.1 Å². The van der Waals surface area contributed by atoms with Crippen LogP contribution in [0.15, 0.2) is 48.5 Å². The summed E-state index contributed by atoms with van der Waals surface area (Å²) < 4.78 is 52.2. The van der Waals surface area contributed by atoms with Crippen molar-refractivity contribution in [3.05, 3.63) is 71.3 Å². The summed E-state index contributed by atoms with van der Waals surface area (Å²) in [5, 5.41) is 9.89. The van der Waals surface area contributed by atoms with E-state index in [0.717, 1.165) is 12.1 Å². The Morgan fingerprint density at radius 1 is 1.09 bits per heavy atom. The van der Waals surface area contributed by atoms with Crippen LogP contribution in [0.25, 0.3) is 0 Å². The molecule has 2 aromatic rings. The van der Waals surface area contributed by atoms with Crippen molar-refractivity contribution in [1.82, 2.24) is 4.72 Å². The molecule has 0 aromatic heterocycles. The number of hydrogen-bond donors (Lipinski definition) is 2. The van der Waals surface area contributed by atoms with Crippen molar-refractivity contribution in [2.75, 3.05) is 6.54 Å². The zero-order valence-electron chi connectivity index (χ0n) is 11.5. The maximum Gasteiger partial charge on any atom is 0.215 e. The lowest BCUT2D eigenvalue weighted by Crippen LogP contribution is -2.29. The Balaban J connectivity index is 1.99. The second-order valence-electron chi connectivity index (χ2n) is 4.77. The largest absolute Gasteiger partial charge is 0.387 e. The number of sulfonamides is 1. The minimum Gasteiger partial charge on any atom is -0.387 e. The van der Waals surface area contributed by atoms with Crippen LogP contribution in [0.2, 0.25) is 0 Å². The fourth-order valence-electron chi connectivity index (χ4n) is 1.89. The van der Waals surface area contributed by atoms with E-state index in [1.807, 2.05) is 0 Å². The molecule has 1 unspecified atom stereocenters. The summed E-state index contributed by atoms with van der Waals surface area (Å²) in [6.45, 7) is -0.227. The van der Waals surface area contributed by atoms with Crippen LogP contribution in [0.4, 0.5) is 8.78 Å². The van der Waals surface area contributed by atoms with Gasteiger partial charge in [0.25, 0.3) is 0 Å².